The fourth-order valence-electron chi connectivity index (χ4n) is 3.42. The van der Waals surface area contributed by atoms with Crippen LogP contribution in [0.4, 0.5) is 14.9 Å². The van der Waals surface area contributed by atoms with Crippen LogP contribution in [0.2, 0.25) is 0 Å². The summed E-state index contributed by atoms with van der Waals surface area (Å²) in [5, 5.41) is 11.2. The van der Waals surface area contributed by atoms with Gasteiger partial charge in [-0.05, 0) is 35.7 Å². The van der Waals surface area contributed by atoms with Crippen LogP contribution < -0.4 is 4.90 Å². The molecule has 0 spiro atoms. The van der Waals surface area contributed by atoms with Crippen LogP contribution in [0.25, 0.3) is 16.0 Å². The summed E-state index contributed by atoms with van der Waals surface area (Å²) in [5.41, 5.74) is 10.6. The van der Waals surface area contributed by atoms with Crippen LogP contribution in [0.1, 0.15) is 17.7 Å². The van der Waals surface area contributed by atoms with Crippen molar-refractivity contribution in [3.63, 3.8) is 0 Å². The Morgan fingerprint density at radius 2 is 2.30 bits per heavy atom. The molecule has 2 atom stereocenters. The minimum absolute atomic E-state index is 0.0883. The van der Waals surface area contributed by atoms with E-state index in [-0.39, 0.29) is 19.6 Å². The highest BCUT2D eigenvalue weighted by atomic mass is 32.2. The molecule has 1 aromatic carbocycles. The maximum atomic E-state index is 14.7. The topological polar surface area (TPSA) is 126 Å². The second-order valence-electron chi connectivity index (χ2n) is 6.89. The number of aromatic nitrogens is 3. The Hall–Kier alpha value is -3.24. The number of carbonyl (C=O) groups excluding carboxylic acids is 1. The molecule has 0 bridgehead atoms. The van der Waals surface area contributed by atoms with Crippen molar-refractivity contribution in [1.82, 2.24) is 15.0 Å². The number of rotatable bonds is 6. The van der Waals surface area contributed by atoms with E-state index in [9.17, 15) is 13.4 Å². The first-order chi connectivity index (χ1) is 14.5. The summed E-state index contributed by atoms with van der Waals surface area (Å²) in [6.07, 6.45) is 2.95. The molecule has 2 aliphatic rings. The van der Waals surface area contributed by atoms with Crippen molar-refractivity contribution < 1.29 is 18.1 Å². The van der Waals surface area contributed by atoms with Gasteiger partial charge in [-0.2, -0.15) is 0 Å². The van der Waals surface area contributed by atoms with Crippen molar-refractivity contribution in [2.24, 2.45) is 5.11 Å². The van der Waals surface area contributed by atoms with E-state index >= 15 is 0 Å². The third-order valence-electron chi connectivity index (χ3n) is 4.87. The second-order valence-corrected chi connectivity index (χ2v) is 8.51. The monoisotopic (exact) mass is 431 g/mol. The van der Waals surface area contributed by atoms with Gasteiger partial charge in [0, 0.05) is 39.0 Å². The Balaban J connectivity index is 1.44. The Morgan fingerprint density at radius 1 is 1.43 bits per heavy atom. The van der Waals surface area contributed by atoms with Gasteiger partial charge in [-0.3, -0.25) is 9.11 Å². The second kappa shape index (κ2) is 8.64. The van der Waals surface area contributed by atoms with Crippen LogP contribution in [-0.4, -0.2) is 49.5 Å². The summed E-state index contributed by atoms with van der Waals surface area (Å²) in [5.74, 6) is 0.533. The van der Waals surface area contributed by atoms with Gasteiger partial charge < -0.3 is 4.74 Å². The molecule has 0 saturated carbocycles. The third kappa shape index (κ3) is 4.34. The molecule has 12 heteroatoms. The van der Waals surface area contributed by atoms with E-state index in [1.165, 1.54) is 15.6 Å². The number of cyclic esters (lactones) is 1. The van der Waals surface area contributed by atoms with Crippen molar-refractivity contribution >= 4 is 28.2 Å². The molecule has 0 N–H and O–H groups in total. The van der Waals surface area contributed by atoms with Crippen molar-refractivity contribution in [1.29, 1.82) is 0 Å². The molecule has 1 amide bonds. The van der Waals surface area contributed by atoms with Gasteiger partial charge in [-0.25, -0.2) is 13.9 Å². The number of benzene rings is 1. The predicted octanol–water partition coefficient (Wildman–Crippen LogP) is 2.79. The number of amides is 1. The van der Waals surface area contributed by atoms with E-state index in [0.717, 1.165) is 5.57 Å². The lowest BCUT2D eigenvalue weighted by Crippen LogP contribution is -2.26. The summed E-state index contributed by atoms with van der Waals surface area (Å²) >= 11 is 0. The van der Waals surface area contributed by atoms with E-state index in [1.54, 1.807) is 18.3 Å². The molecule has 3 heterocycles. The maximum absolute atomic E-state index is 14.7. The summed E-state index contributed by atoms with van der Waals surface area (Å²) in [6, 6.07) is 4.64. The molecule has 30 heavy (non-hydrogen) atoms. The van der Waals surface area contributed by atoms with Gasteiger partial charge >= 0.3 is 6.09 Å². The molecular weight excluding hydrogens is 413 g/mol. The Bertz CT molecular complexity index is 1080. The fourth-order valence-corrected chi connectivity index (χ4v) is 4.42. The molecule has 0 aliphatic carbocycles. The van der Waals surface area contributed by atoms with Crippen LogP contribution in [0.5, 0.6) is 0 Å². The Labute approximate surface area is 173 Å². The van der Waals surface area contributed by atoms with Gasteiger partial charge in [0.05, 0.1) is 31.0 Å². The zero-order valence-corrected chi connectivity index (χ0v) is 16.7. The van der Waals surface area contributed by atoms with Crippen molar-refractivity contribution in [2.75, 3.05) is 23.0 Å². The minimum atomic E-state index is -0.875. The van der Waals surface area contributed by atoms with Crippen LogP contribution in [0.3, 0.4) is 0 Å². The molecule has 0 radical (unpaired) electrons. The van der Waals surface area contributed by atoms with Gasteiger partial charge in [0.25, 0.3) is 0 Å². The van der Waals surface area contributed by atoms with Crippen LogP contribution in [-0.2, 0) is 28.6 Å². The van der Waals surface area contributed by atoms with Gasteiger partial charge in [-0.1, -0.05) is 16.4 Å². The van der Waals surface area contributed by atoms with Gasteiger partial charge in [-0.15, -0.1) is 5.10 Å². The number of anilines is 1. The van der Waals surface area contributed by atoms with Crippen molar-refractivity contribution in [2.45, 2.75) is 25.6 Å². The number of hydrogen-bond donors (Lipinski definition) is 0. The average molecular weight is 431 g/mol. The SMILES string of the molecule is [N-]=[N+]=NCc1cn(C[C@@H]2CN(c3ccc(C4=CCS(=O)CC4)c(F)c3)C(=O)O2)nn1. The first kappa shape index (κ1) is 20.0. The molecule has 1 saturated heterocycles. The predicted molar refractivity (Wildman–Crippen MR) is 107 cm³/mol. The number of azide groups is 1. The maximum Gasteiger partial charge on any atom is 0.414 e. The summed E-state index contributed by atoms with van der Waals surface area (Å²) in [4.78, 5) is 16.3. The van der Waals surface area contributed by atoms with Crippen LogP contribution in [0.15, 0.2) is 35.6 Å². The Morgan fingerprint density at radius 3 is 3.03 bits per heavy atom. The third-order valence-corrected chi connectivity index (χ3v) is 6.07. The van der Waals surface area contributed by atoms with Crippen LogP contribution >= 0.6 is 0 Å². The zero-order valence-electron chi connectivity index (χ0n) is 15.8. The van der Waals surface area contributed by atoms with Gasteiger partial charge in [0.2, 0.25) is 0 Å². The van der Waals surface area contributed by atoms with E-state index in [1.807, 2.05) is 6.08 Å². The van der Waals surface area contributed by atoms with E-state index < -0.39 is 28.8 Å². The highest BCUT2D eigenvalue weighted by molar-refractivity contribution is 7.85. The highest BCUT2D eigenvalue weighted by Crippen LogP contribution is 2.29. The van der Waals surface area contributed by atoms with Crippen LogP contribution in [0, 0.1) is 5.82 Å². The summed E-state index contributed by atoms with van der Waals surface area (Å²) in [7, 11) is -0.875. The molecule has 10 nitrogen and oxygen atoms in total. The van der Waals surface area contributed by atoms with Crippen molar-refractivity contribution in [3.8, 4) is 0 Å². The molecule has 156 valence electrons. The van der Waals surface area contributed by atoms with Gasteiger partial charge in [0.1, 0.15) is 11.9 Å². The van der Waals surface area contributed by atoms with Gasteiger partial charge in [0.15, 0.2) is 0 Å². The number of halogens is 1. The van der Waals surface area contributed by atoms with Crippen molar-refractivity contribution in [3.05, 3.63) is 58.0 Å². The first-order valence-corrected chi connectivity index (χ1v) is 10.7. The Kier molecular flexibility index (Phi) is 5.77. The van der Waals surface area contributed by atoms with E-state index in [2.05, 4.69) is 20.3 Å². The molecule has 1 unspecified atom stereocenters. The number of allylic oxidation sites excluding steroid dienone is 1. The first-order valence-electron chi connectivity index (χ1n) is 9.25. The largest absolute Gasteiger partial charge is 0.442 e. The standard InChI is InChI=1S/C18H18FN7O3S/c19-17-7-14(1-2-16(17)12-3-5-30(28)6-4-12)26-11-15(29-18(26)27)10-25-9-13(22-24-25)8-21-23-20/h1-3,7,9,15H,4-6,8,10-11H2/t15-,30?/m1/s1. The number of nitrogens with zero attached hydrogens (tertiary/aromatic N) is 7. The molecule has 1 aromatic heterocycles. The lowest BCUT2D eigenvalue weighted by atomic mass is 10.0. The zero-order chi connectivity index (χ0) is 21.1. The number of hydrogen-bond acceptors (Lipinski definition) is 6. The van der Waals surface area contributed by atoms with E-state index in [0.29, 0.717) is 34.9 Å². The lowest BCUT2D eigenvalue weighted by molar-refractivity contribution is 0.129. The molecule has 1 fully saturated rings. The summed E-state index contributed by atoms with van der Waals surface area (Å²) < 4.78 is 33.1. The quantitative estimate of drug-likeness (QED) is 0.395. The average Bonchev–Trinajstić information content (AvgIpc) is 3.33. The molecule has 2 aromatic rings. The lowest BCUT2D eigenvalue weighted by Gasteiger charge is -2.17. The molecule has 4 rings (SSSR count). The normalized spacial score (nSPS) is 21.2. The summed E-state index contributed by atoms with van der Waals surface area (Å²) in [6.45, 7) is 0.603. The smallest absolute Gasteiger partial charge is 0.414 e. The molecule has 2 aliphatic heterocycles. The minimum Gasteiger partial charge on any atom is -0.442 e. The number of ether oxygens (including phenoxy) is 1. The molecular formula is C18H18FN7O3S. The highest BCUT2D eigenvalue weighted by Gasteiger charge is 2.33. The number of carbonyl (C=O) groups is 1. The van der Waals surface area contributed by atoms with E-state index in [4.69, 9.17) is 10.3 Å². The fraction of sp³-hybridized carbons (Fsp3) is 0.389.